The normalized spacial score (nSPS) is 22.7. The van der Waals surface area contributed by atoms with Crippen molar-refractivity contribution < 1.29 is 14.3 Å². The molecular weight excluding hydrogens is 278 g/mol. The largest absolute Gasteiger partial charge is 0.465 e. The third-order valence-corrected chi connectivity index (χ3v) is 4.35. The summed E-state index contributed by atoms with van der Waals surface area (Å²) in [5.74, 6) is -0.233. The fourth-order valence-corrected chi connectivity index (χ4v) is 2.84. The van der Waals surface area contributed by atoms with E-state index in [1.807, 2.05) is 44.2 Å². The number of hydrogen-bond acceptors (Lipinski definition) is 3. The van der Waals surface area contributed by atoms with Crippen LogP contribution in [0.25, 0.3) is 0 Å². The zero-order valence-corrected chi connectivity index (χ0v) is 13.7. The van der Waals surface area contributed by atoms with Crippen molar-refractivity contribution in [1.82, 2.24) is 4.90 Å². The van der Waals surface area contributed by atoms with Crippen molar-refractivity contribution in [3.8, 4) is 0 Å². The molecule has 1 heterocycles. The maximum atomic E-state index is 12.4. The summed E-state index contributed by atoms with van der Waals surface area (Å²) < 4.78 is 5.33. The van der Waals surface area contributed by atoms with Gasteiger partial charge in [-0.2, -0.15) is 0 Å². The van der Waals surface area contributed by atoms with E-state index in [0.29, 0.717) is 13.2 Å². The van der Waals surface area contributed by atoms with Gasteiger partial charge in [-0.15, -0.1) is 0 Å². The number of likely N-dealkylation sites (tertiary alicyclic amines) is 1. The number of benzene rings is 1. The lowest BCUT2D eigenvalue weighted by Crippen LogP contribution is -2.35. The van der Waals surface area contributed by atoms with Gasteiger partial charge in [0.1, 0.15) is 0 Å². The Hall–Kier alpha value is -1.84. The van der Waals surface area contributed by atoms with Crippen molar-refractivity contribution in [2.45, 2.75) is 46.1 Å². The van der Waals surface area contributed by atoms with Gasteiger partial charge >= 0.3 is 5.97 Å². The first-order chi connectivity index (χ1) is 10.5. The van der Waals surface area contributed by atoms with Crippen LogP contribution < -0.4 is 0 Å². The van der Waals surface area contributed by atoms with E-state index in [-0.39, 0.29) is 24.3 Å². The van der Waals surface area contributed by atoms with Crippen LogP contribution >= 0.6 is 0 Å². The first-order valence-electron chi connectivity index (χ1n) is 7.99. The highest BCUT2D eigenvalue weighted by Gasteiger charge is 2.47. The number of ether oxygens (including phenoxy) is 1. The molecule has 1 aromatic carbocycles. The Morgan fingerprint density at radius 3 is 2.68 bits per heavy atom. The molecule has 0 saturated carbocycles. The van der Waals surface area contributed by atoms with Gasteiger partial charge in [0.05, 0.1) is 18.1 Å². The third-order valence-electron chi connectivity index (χ3n) is 4.35. The van der Waals surface area contributed by atoms with Crippen molar-refractivity contribution in [2.75, 3.05) is 13.2 Å². The minimum Gasteiger partial charge on any atom is -0.465 e. The Balaban J connectivity index is 2.05. The summed E-state index contributed by atoms with van der Waals surface area (Å²) >= 11 is 0. The third kappa shape index (κ3) is 3.49. The fourth-order valence-electron chi connectivity index (χ4n) is 2.84. The number of carbonyl (C=O) groups is 2. The van der Waals surface area contributed by atoms with Crippen molar-refractivity contribution in [2.24, 2.45) is 5.41 Å². The summed E-state index contributed by atoms with van der Waals surface area (Å²) in [6, 6.07) is 9.87. The summed E-state index contributed by atoms with van der Waals surface area (Å²) in [4.78, 5) is 26.4. The minimum atomic E-state index is -0.728. The molecule has 1 saturated heterocycles. The van der Waals surface area contributed by atoms with Crippen LogP contribution in [-0.4, -0.2) is 29.9 Å². The lowest BCUT2D eigenvalue weighted by molar-refractivity contribution is -0.154. The van der Waals surface area contributed by atoms with E-state index in [2.05, 4.69) is 6.92 Å². The number of hydrogen-bond donors (Lipinski definition) is 0. The second-order valence-corrected chi connectivity index (χ2v) is 6.34. The molecule has 0 aliphatic carbocycles. The summed E-state index contributed by atoms with van der Waals surface area (Å²) in [5.41, 5.74) is 0.355. The van der Waals surface area contributed by atoms with Crippen LogP contribution in [0.2, 0.25) is 0 Å². The minimum absolute atomic E-state index is 0.0197. The van der Waals surface area contributed by atoms with Crippen molar-refractivity contribution >= 4 is 11.9 Å². The highest BCUT2D eigenvalue weighted by atomic mass is 16.5. The monoisotopic (exact) mass is 303 g/mol. The number of esters is 1. The molecule has 0 radical (unpaired) electrons. The summed E-state index contributed by atoms with van der Waals surface area (Å²) in [6.07, 6.45) is 2.08. The number of unbranched alkanes of at least 4 members (excludes halogenated alkanes) is 1. The van der Waals surface area contributed by atoms with Crippen LogP contribution in [0, 0.1) is 5.41 Å². The Kier molecular flexibility index (Phi) is 5.22. The van der Waals surface area contributed by atoms with E-state index in [1.165, 1.54) is 0 Å². The number of amides is 1. The second kappa shape index (κ2) is 6.95. The SMILES string of the molecule is CCCCOC(=O)[C@@]1(C)CC(=O)N([C@H](C)c2ccccc2)C1. The summed E-state index contributed by atoms with van der Waals surface area (Å²) in [7, 11) is 0. The highest BCUT2D eigenvalue weighted by molar-refractivity contribution is 5.89. The molecule has 0 unspecified atom stereocenters. The molecule has 1 aliphatic heterocycles. The molecule has 120 valence electrons. The quantitative estimate of drug-likeness (QED) is 0.598. The molecule has 1 amide bonds. The van der Waals surface area contributed by atoms with Gasteiger partial charge in [-0.25, -0.2) is 0 Å². The molecule has 2 atom stereocenters. The molecule has 0 spiro atoms. The van der Waals surface area contributed by atoms with Crippen LogP contribution in [0.3, 0.4) is 0 Å². The summed E-state index contributed by atoms with van der Waals surface area (Å²) in [5, 5.41) is 0. The van der Waals surface area contributed by atoms with E-state index in [1.54, 1.807) is 4.90 Å². The van der Waals surface area contributed by atoms with Crippen LogP contribution in [-0.2, 0) is 14.3 Å². The smallest absolute Gasteiger partial charge is 0.314 e. The molecule has 22 heavy (non-hydrogen) atoms. The van der Waals surface area contributed by atoms with Crippen molar-refractivity contribution in [3.05, 3.63) is 35.9 Å². The zero-order valence-electron chi connectivity index (χ0n) is 13.7. The Labute approximate surface area is 132 Å². The van der Waals surface area contributed by atoms with E-state index in [4.69, 9.17) is 4.74 Å². The van der Waals surface area contributed by atoms with Crippen molar-refractivity contribution in [3.63, 3.8) is 0 Å². The van der Waals surface area contributed by atoms with Crippen molar-refractivity contribution in [1.29, 1.82) is 0 Å². The molecule has 0 N–H and O–H groups in total. The van der Waals surface area contributed by atoms with E-state index < -0.39 is 5.41 Å². The second-order valence-electron chi connectivity index (χ2n) is 6.34. The van der Waals surface area contributed by atoms with Crippen LogP contribution in [0.5, 0.6) is 0 Å². The van der Waals surface area contributed by atoms with E-state index in [9.17, 15) is 9.59 Å². The standard InChI is InChI=1S/C18H25NO3/c1-4-5-11-22-17(21)18(3)12-16(20)19(13-18)14(2)15-9-7-6-8-10-15/h6-10,14H,4-5,11-13H2,1-3H3/t14-,18+/m1/s1. The fraction of sp³-hybridized carbons (Fsp3) is 0.556. The van der Waals surface area contributed by atoms with Crippen LogP contribution in [0.15, 0.2) is 30.3 Å². The van der Waals surface area contributed by atoms with Gasteiger partial charge in [0.25, 0.3) is 0 Å². The van der Waals surface area contributed by atoms with Gasteiger partial charge < -0.3 is 9.64 Å². The number of rotatable bonds is 6. The Bertz CT molecular complexity index is 528. The van der Waals surface area contributed by atoms with Gasteiger partial charge in [-0.05, 0) is 25.8 Å². The maximum absolute atomic E-state index is 12.4. The summed E-state index contributed by atoms with van der Waals surface area (Å²) in [6.45, 7) is 6.75. The molecular formula is C18H25NO3. The molecule has 1 fully saturated rings. The van der Waals surface area contributed by atoms with E-state index >= 15 is 0 Å². The maximum Gasteiger partial charge on any atom is 0.314 e. The molecule has 0 aromatic heterocycles. The molecule has 1 aromatic rings. The molecule has 2 rings (SSSR count). The number of nitrogens with zero attached hydrogens (tertiary/aromatic N) is 1. The van der Waals surface area contributed by atoms with E-state index in [0.717, 1.165) is 18.4 Å². The van der Waals surface area contributed by atoms with Crippen LogP contribution in [0.1, 0.15) is 51.6 Å². The highest BCUT2D eigenvalue weighted by Crippen LogP contribution is 2.37. The number of carbonyl (C=O) groups excluding carboxylic acids is 2. The lowest BCUT2D eigenvalue weighted by Gasteiger charge is -2.27. The van der Waals surface area contributed by atoms with Gasteiger partial charge in [0, 0.05) is 13.0 Å². The topological polar surface area (TPSA) is 46.6 Å². The van der Waals surface area contributed by atoms with Gasteiger partial charge in [0.2, 0.25) is 5.91 Å². The first kappa shape index (κ1) is 16.5. The predicted molar refractivity (Wildman–Crippen MR) is 85.2 cm³/mol. The zero-order chi connectivity index (χ0) is 16.2. The average Bonchev–Trinajstić information content (AvgIpc) is 2.84. The lowest BCUT2D eigenvalue weighted by atomic mass is 9.90. The Morgan fingerprint density at radius 2 is 2.05 bits per heavy atom. The predicted octanol–water partition coefficient (Wildman–Crippen LogP) is 3.33. The van der Waals surface area contributed by atoms with Gasteiger partial charge in [0.15, 0.2) is 0 Å². The molecule has 4 nitrogen and oxygen atoms in total. The molecule has 1 aliphatic rings. The Morgan fingerprint density at radius 1 is 1.36 bits per heavy atom. The van der Waals surface area contributed by atoms with Gasteiger partial charge in [-0.1, -0.05) is 43.7 Å². The van der Waals surface area contributed by atoms with Crippen LogP contribution in [0.4, 0.5) is 0 Å². The molecule has 0 bridgehead atoms. The van der Waals surface area contributed by atoms with Gasteiger partial charge in [-0.3, -0.25) is 9.59 Å². The first-order valence-corrected chi connectivity index (χ1v) is 7.99. The molecule has 4 heteroatoms. The average molecular weight is 303 g/mol.